The first kappa shape index (κ1) is 16.4. The Kier molecular flexibility index (Phi) is 8.84. The third-order valence-electron chi connectivity index (χ3n) is 3.90. The fourth-order valence-electron chi connectivity index (χ4n) is 2.66. The van der Waals surface area contributed by atoms with Crippen molar-refractivity contribution in [1.82, 2.24) is 9.80 Å². The standard InChI is InChI=1S/C15H30N2O2/c1-2-3-4-5-6-9-16-10-7-11-17(14-13-16)12-8-15(18)19/h2-14H2,1H3,(H,18,19). The van der Waals surface area contributed by atoms with E-state index in [1.807, 2.05) is 0 Å². The molecule has 0 atom stereocenters. The van der Waals surface area contributed by atoms with Crippen molar-refractivity contribution in [3.8, 4) is 0 Å². The van der Waals surface area contributed by atoms with Gasteiger partial charge in [0, 0.05) is 19.6 Å². The van der Waals surface area contributed by atoms with Crippen molar-refractivity contribution in [3.05, 3.63) is 0 Å². The minimum atomic E-state index is -0.683. The smallest absolute Gasteiger partial charge is 0.304 e. The second kappa shape index (κ2) is 10.2. The van der Waals surface area contributed by atoms with Gasteiger partial charge in [-0.25, -0.2) is 0 Å². The summed E-state index contributed by atoms with van der Waals surface area (Å²) in [5.74, 6) is -0.683. The van der Waals surface area contributed by atoms with E-state index in [0.29, 0.717) is 6.54 Å². The van der Waals surface area contributed by atoms with Crippen LogP contribution in [0, 0.1) is 0 Å². The van der Waals surface area contributed by atoms with Gasteiger partial charge in [-0.15, -0.1) is 0 Å². The third kappa shape index (κ3) is 8.22. The van der Waals surface area contributed by atoms with Crippen LogP contribution in [0.5, 0.6) is 0 Å². The number of aliphatic carboxylic acids is 1. The number of carboxylic acids is 1. The fourth-order valence-corrected chi connectivity index (χ4v) is 2.66. The van der Waals surface area contributed by atoms with Crippen LogP contribution in [0.2, 0.25) is 0 Å². The largest absolute Gasteiger partial charge is 0.481 e. The van der Waals surface area contributed by atoms with Gasteiger partial charge >= 0.3 is 5.97 Å². The molecular formula is C15H30N2O2. The highest BCUT2D eigenvalue weighted by Crippen LogP contribution is 2.07. The predicted octanol–water partition coefficient (Wildman–Crippen LogP) is 2.44. The Bertz CT molecular complexity index is 246. The van der Waals surface area contributed by atoms with Crippen molar-refractivity contribution in [2.75, 3.05) is 39.3 Å². The molecule has 1 saturated heterocycles. The first-order valence-corrected chi connectivity index (χ1v) is 7.89. The lowest BCUT2D eigenvalue weighted by Gasteiger charge is -2.21. The summed E-state index contributed by atoms with van der Waals surface area (Å²) in [4.78, 5) is 15.4. The van der Waals surface area contributed by atoms with Crippen molar-refractivity contribution >= 4 is 5.97 Å². The maximum atomic E-state index is 10.6. The van der Waals surface area contributed by atoms with Crippen LogP contribution in [-0.2, 0) is 4.79 Å². The van der Waals surface area contributed by atoms with Crippen molar-refractivity contribution < 1.29 is 9.90 Å². The van der Waals surface area contributed by atoms with E-state index in [4.69, 9.17) is 5.11 Å². The highest BCUT2D eigenvalue weighted by atomic mass is 16.4. The normalized spacial score (nSPS) is 18.4. The predicted molar refractivity (Wildman–Crippen MR) is 78.5 cm³/mol. The minimum Gasteiger partial charge on any atom is -0.481 e. The van der Waals surface area contributed by atoms with E-state index in [1.165, 1.54) is 51.6 Å². The summed E-state index contributed by atoms with van der Waals surface area (Å²) in [6, 6.07) is 0. The van der Waals surface area contributed by atoms with E-state index >= 15 is 0 Å². The van der Waals surface area contributed by atoms with E-state index in [-0.39, 0.29) is 6.42 Å². The Labute approximate surface area is 117 Å². The molecule has 0 unspecified atom stereocenters. The fraction of sp³-hybridized carbons (Fsp3) is 0.933. The topological polar surface area (TPSA) is 43.8 Å². The summed E-state index contributed by atoms with van der Waals surface area (Å²) >= 11 is 0. The van der Waals surface area contributed by atoms with Crippen LogP contribution in [0.15, 0.2) is 0 Å². The van der Waals surface area contributed by atoms with Gasteiger partial charge in [0.1, 0.15) is 0 Å². The van der Waals surface area contributed by atoms with E-state index in [1.54, 1.807) is 0 Å². The van der Waals surface area contributed by atoms with Crippen LogP contribution in [0.4, 0.5) is 0 Å². The SMILES string of the molecule is CCCCCCCN1CCCN(CCC(=O)O)CC1. The van der Waals surface area contributed by atoms with Crippen LogP contribution in [0.25, 0.3) is 0 Å². The number of unbranched alkanes of at least 4 members (excludes halogenated alkanes) is 4. The van der Waals surface area contributed by atoms with Crippen LogP contribution in [-0.4, -0.2) is 60.1 Å². The van der Waals surface area contributed by atoms with Crippen LogP contribution in [0.1, 0.15) is 51.9 Å². The summed E-state index contributed by atoms with van der Waals surface area (Å²) in [6.45, 7) is 8.54. The van der Waals surface area contributed by atoms with Gasteiger partial charge in [-0.2, -0.15) is 0 Å². The molecule has 1 fully saturated rings. The molecule has 4 nitrogen and oxygen atoms in total. The average molecular weight is 270 g/mol. The second-order valence-corrected chi connectivity index (χ2v) is 5.59. The zero-order valence-electron chi connectivity index (χ0n) is 12.4. The minimum absolute atomic E-state index is 0.275. The van der Waals surface area contributed by atoms with Gasteiger partial charge in [-0.3, -0.25) is 4.79 Å². The maximum absolute atomic E-state index is 10.6. The highest BCUT2D eigenvalue weighted by molar-refractivity contribution is 5.66. The van der Waals surface area contributed by atoms with E-state index in [2.05, 4.69) is 16.7 Å². The Morgan fingerprint density at radius 1 is 0.947 bits per heavy atom. The summed E-state index contributed by atoms with van der Waals surface area (Å²) < 4.78 is 0. The summed E-state index contributed by atoms with van der Waals surface area (Å²) in [6.07, 6.45) is 8.16. The van der Waals surface area contributed by atoms with Gasteiger partial charge in [0.2, 0.25) is 0 Å². The molecule has 0 radical (unpaired) electrons. The lowest BCUT2D eigenvalue weighted by Crippen LogP contribution is -2.32. The molecule has 0 aromatic carbocycles. The number of hydrogen-bond donors (Lipinski definition) is 1. The monoisotopic (exact) mass is 270 g/mol. The van der Waals surface area contributed by atoms with Gasteiger partial charge in [-0.05, 0) is 32.5 Å². The molecule has 1 rings (SSSR count). The molecule has 0 aromatic rings. The summed E-state index contributed by atoms with van der Waals surface area (Å²) in [5.41, 5.74) is 0. The number of rotatable bonds is 9. The van der Waals surface area contributed by atoms with Crippen LogP contribution < -0.4 is 0 Å². The van der Waals surface area contributed by atoms with Gasteiger partial charge in [0.05, 0.1) is 6.42 Å². The van der Waals surface area contributed by atoms with E-state index in [9.17, 15) is 4.79 Å². The van der Waals surface area contributed by atoms with Gasteiger partial charge in [-0.1, -0.05) is 32.6 Å². The van der Waals surface area contributed by atoms with E-state index < -0.39 is 5.97 Å². The molecule has 0 amide bonds. The molecule has 0 aromatic heterocycles. The van der Waals surface area contributed by atoms with Crippen molar-refractivity contribution in [1.29, 1.82) is 0 Å². The van der Waals surface area contributed by atoms with Crippen molar-refractivity contribution in [2.45, 2.75) is 51.9 Å². The molecule has 1 N–H and O–H groups in total. The van der Waals surface area contributed by atoms with Gasteiger partial charge < -0.3 is 14.9 Å². The zero-order chi connectivity index (χ0) is 13.9. The molecule has 0 aliphatic carbocycles. The van der Waals surface area contributed by atoms with Crippen molar-refractivity contribution in [3.63, 3.8) is 0 Å². The Balaban J connectivity index is 2.10. The Morgan fingerprint density at radius 3 is 2.21 bits per heavy atom. The highest BCUT2D eigenvalue weighted by Gasteiger charge is 2.14. The number of carbonyl (C=O) groups is 1. The lowest BCUT2D eigenvalue weighted by atomic mass is 10.1. The Morgan fingerprint density at radius 2 is 1.58 bits per heavy atom. The van der Waals surface area contributed by atoms with Crippen molar-refractivity contribution in [2.24, 2.45) is 0 Å². The molecule has 0 spiro atoms. The molecule has 1 heterocycles. The maximum Gasteiger partial charge on any atom is 0.304 e. The third-order valence-corrected chi connectivity index (χ3v) is 3.90. The number of hydrogen-bond acceptors (Lipinski definition) is 3. The number of nitrogens with zero attached hydrogens (tertiary/aromatic N) is 2. The van der Waals surface area contributed by atoms with Gasteiger partial charge in [0.15, 0.2) is 0 Å². The molecule has 0 saturated carbocycles. The quantitative estimate of drug-likeness (QED) is 0.654. The molecule has 19 heavy (non-hydrogen) atoms. The second-order valence-electron chi connectivity index (χ2n) is 5.59. The van der Waals surface area contributed by atoms with Gasteiger partial charge in [0.25, 0.3) is 0 Å². The van der Waals surface area contributed by atoms with Crippen LogP contribution >= 0.6 is 0 Å². The molecule has 4 heteroatoms. The molecule has 0 bridgehead atoms. The van der Waals surface area contributed by atoms with E-state index in [0.717, 1.165) is 19.6 Å². The summed E-state index contributed by atoms with van der Waals surface area (Å²) in [7, 11) is 0. The lowest BCUT2D eigenvalue weighted by molar-refractivity contribution is -0.137. The molecule has 112 valence electrons. The molecule has 1 aliphatic rings. The number of carboxylic acid groups (broad SMARTS) is 1. The first-order chi connectivity index (χ1) is 9.22. The summed E-state index contributed by atoms with van der Waals surface area (Å²) in [5, 5.41) is 8.72. The molecule has 1 aliphatic heterocycles. The van der Waals surface area contributed by atoms with Crippen LogP contribution in [0.3, 0.4) is 0 Å². The molecular weight excluding hydrogens is 240 g/mol. The first-order valence-electron chi connectivity index (χ1n) is 7.89. The average Bonchev–Trinajstić information content (AvgIpc) is 2.61. The zero-order valence-corrected chi connectivity index (χ0v) is 12.4. The Hall–Kier alpha value is -0.610.